The monoisotopic (exact) mass is 389 g/mol. The Hall–Kier alpha value is -1.59. The number of hydrogen-bond acceptors (Lipinski definition) is 3. The molecule has 2 N–H and O–H groups in total. The molecule has 0 aliphatic carbocycles. The maximum atomic E-state index is 5.95. The normalized spacial score (nSPS) is 16.2. The number of rotatable bonds is 11. The van der Waals surface area contributed by atoms with Gasteiger partial charge in [-0.2, -0.15) is 0 Å². The van der Waals surface area contributed by atoms with Crippen LogP contribution in [0.3, 0.4) is 0 Å². The molecular formula is C23H39N3O2. The molecule has 1 aromatic rings. The van der Waals surface area contributed by atoms with E-state index in [0.717, 1.165) is 77.5 Å². The van der Waals surface area contributed by atoms with Gasteiger partial charge in [-0.3, -0.25) is 4.99 Å². The van der Waals surface area contributed by atoms with Crippen LogP contribution in [-0.2, 0) is 14.9 Å². The molecule has 1 heterocycles. The Morgan fingerprint density at radius 1 is 1.11 bits per heavy atom. The molecule has 0 aromatic heterocycles. The third kappa shape index (κ3) is 7.10. The highest BCUT2D eigenvalue weighted by atomic mass is 16.5. The minimum atomic E-state index is 0.0930. The maximum absolute atomic E-state index is 5.95. The number of nitrogens with one attached hydrogen (secondary N) is 2. The van der Waals surface area contributed by atoms with Gasteiger partial charge in [-0.1, -0.05) is 44.2 Å². The van der Waals surface area contributed by atoms with Crippen molar-refractivity contribution in [3.8, 4) is 0 Å². The third-order valence-electron chi connectivity index (χ3n) is 5.76. The molecule has 1 aliphatic heterocycles. The van der Waals surface area contributed by atoms with Gasteiger partial charge in [0, 0.05) is 38.3 Å². The van der Waals surface area contributed by atoms with E-state index in [9.17, 15) is 0 Å². The predicted octanol–water partition coefficient (Wildman–Crippen LogP) is 3.89. The first-order valence-corrected chi connectivity index (χ1v) is 11.0. The molecule has 0 atom stereocenters. The summed E-state index contributed by atoms with van der Waals surface area (Å²) in [5, 5.41) is 6.84. The fraction of sp³-hybridized carbons (Fsp3) is 0.696. The van der Waals surface area contributed by atoms with Crippen LogP contribution in [-0.4, -0.2) is 51.5 Å². The number of ether oxygens (including phenoxy) is 2. The first kappa shape index (κ1) is 22.7. The van der Waals surface area contributed by atoms with Gasteiger partial charge in [0.05, 0.1) is 12.6 Å². The van der Waals surface area contributed by atoms with E-state index in [1.807, 2.05) is 0 Å². The van der Waals surface area contributed by atoms with Gasteiger partial charge in [0.15, 0.2) is 5.96 Å². The van der Waals surface area contributed by atoms with Crippen LogP contribution in [0.25, 0.3) is 0 Å². The lowest BCUT2D eigenvalue weighted by Crippen LogP contribution is -2.40. The van der Waals surface area contributed by atoms with E-state index in [4.69, 9.17) is 14.5 Å². The zero-order valence-corrected chi connectivity index (χ0v) is 18.0. The van der Waals surface area contributed by atoms with Crippen molar-refractivity contribution in [2.75, 3.05) is 39.5 Å². The number of nitrogens with zero attached hydrogens (tertiary/aromatic N) is 1. The zero-order chi connectivity index (χ0) is 20.1. The molecule has 0 spiro atoms. The van der Waals surface area contributed by atoms with Gasteiger partial charge >= 0.3 is 0 Å². The summed E-state index contributed by atoms with van der Waals surface area (Å²) in [7, 11) is 0. The zero-order valence-electron chi connectivity index (χ0n) is 18.0. The van der Waals surface area contributed by atoms with E-state index in [0.29, 0.717) is 6.10 Å². The summed E-state index contributed by atoms with van der Waals surface area (Å²) in [6.45, 7) is 11.6. The fourth-order valence-corrected chi connectivity index (χ4v) is 3.71. The Morgan fingerprint density at radius 2 is 1.82 bits per heavy atom. The Morgan fingerprint density at radius 3 is 2.46 bits per heavy atom. The second-order valence-electron chi connectivity index (χ2n) is 7.51. The van der Waals surface area contributed by atoms with E-state index < -0.39 is 0 Å². The number of aliphatic imine (C=N–C) groups is 1. The van der Waals surface area contributed by atoms with Gasteiger partial charge in [0.1, 0.15) is 0 Å². The van der Waals surface area contributed by atoms with Crippen LogP contribution in [0.15, 0.2) is 35.3 Å². The summed E-state index contributed by atoms with van der Waals surface area (Å²) in [5.74, 6) is 0.899. The maximum Gasteiger partial charge on any atom is 0.191 e. The molecule has 5 nitrogen and oxygen atoms in total. The molecule has 0 bridgehead atoms. The Bertz CT molecular complexity index is 552. The Kier molecular flexibility index (Phi) is 10.4. The number of hydrogen-bond donors (Lipinski definition) is 2. The first-order valence-electron chi connectivity index (χ1n) is 11.0. The summed E-state index contributed by atoms with van der Waals surface area (Å²) in [6, 6.07) is 10.8. The van der Waals surface area contributed by atoms with Crippen molar-refractivity contribution in [3.05, 3.63) is 35.9 Å². The molecule has 158 valence electrons. The molecule has 0 amide bonds. The highest BCUT2D eigenvalue weighted by Crippen LogP contribution is 2.31. The van der Waals surface area contributed by atoms with Crippen LogP contribution in [0.1, 0.15) is 58.4 Å². The molecule has 0 unspecified atom stereocenters. The largest absolute Gasteiger partial charge is 0.381 e. The number of guanidine groups is 1. The predicted molar refractivity (Wildman–Crippen MR) is 117 cm³/mol. The van der Waals surface area contributed by atoms with E-state index in [2.05, 4.69) is 61.7 Å². The topological polar surface area (TPSA) is 54.9 Å². The molecule has 2 rings (SSSR count). The van der Waals surface area contributed by atoms with E-state index in [1.54, 1.807) is 0 Å². The standard InChI is InChI=1S/C23H39N3O2/c1-4-23(5-2,20-11-8-7-9-12-20)19-26-22(24-6-3)25-15-10-16-28-21-13-17-27-18-14-21/h7-9,11-12,21H,4-6,10,13-19H2,1-3H3,(H2,24,25,26). The quantitative estimate of drug-likeness (QED) is 0.343. The number of benzene rings is 1. The van der Waals surface area contributed by atoms with Crippen LogP contribution in [0.4, 0.5) is 0 Å². The third-order valence-corrected chi connectivity index (χ3v) is 5.76. The van der Waals surface area contributed by atoms with Crippen LogP contribution < -0.4 is 10.6 Å². The lowest BCUT2D eigenvalue weighted by molar-refractivity contribution is -0.0320. The van der Waals surface area contributed by atoms with Crippen LogP contribution in [0.2, 0.25) is 0 Å². The molecule has 1 saturated heterocycles. The van der Waals surface area contributed by atoms with Crippen molar-refractivity contribution < 1.29 is 9.47 Å². The second-order valence-corrected chi connectivity index (χ2v) is 7.51. The molecule has 1 aliphatic rings. The van der Waals surface area contributed by atoms with E-state index in [-0.39, 0.29) is 5.41 Å². The van der Waals surface area contributed by atoms with Crippen LogP contribution in [0, 0.1) is 0 Å². The smallest absolute Gasteiger partial charge is 0.191 e. The van der Waals surface area contributed by atoms with Crippen molar-refractivity contribution in [1.82, 2.24) is 10.6 Å². The van der Waals surface area contributed by atoms with Crippen LogP contribution in [0.5, 0.6) is 0 Å². The molecule has 5 heteroatoms. The van der Waals surface area contributed by atoms with Gasteiger partial charge in [0.25, 0.3) is 0 Å². The molecule has 1 fully saturated rings. The van der Waals surface area contributed by atoms with Gasteiger partial charge in [-0.25, -0.2) is 0 Å². The average Bonchev–Trinajstić information content (AvgIpc) is 2.76. The van der Waals surface area contributed by atoms with Crippen molar-refractivity contribution in [2.45, 2.75) is 64.4 Å². The SMILES string of the molecule is CCNC(=NCC(CC)(CC)c1ccccc1)NCCCOC1CCOCC1. The molecule has 0 saturated carbocycles. The van der Waals surface area contributed by atoms with Crippen LogP contribution >= 0.6 is 0 Å². The van der Waals surface area contributed by atoms with Crippen molar-refractivity contribution in [3.63, 3.8) is 0 Å². The second kappa shape index (κ2) is 12.8. The molecule has 0 radical (unpaired) electrons. The highest BCUT2D eigenvalue weighted by molar-refractivity contribution is 5.79. The summed E-state index contributed by atoms with van der Waals surface area (Å²) < 4.78 is 11.3. The van der Waals surface area contributed by atoms with Crippen molar-refractivity contribution >= 4 is 5.96 Å². The fourth-order valence-electron chi connectivity index (χ4n) is 3.71. The first-order chi connectivity index (χ1) is 13.7. The van der Waals surface area contributed by atoms with Gasteiger partial charge in [-0.05, 0) is 44.6 Å². The van der Waals surface area contributed by atoms with Crippen molar-refractivity contribution in [2.24, 2.45) is 4.99 Å². The van der Waals surface area contributed by atoms with E-state index in [1.165, 1.54) is 5.56 Å². The Balaban J connectivity index is 1.84. The highest BCUT2D eigenvalue weighted by Gasteiger charge is 2.28. The van der Waals surface area contributed by atoms with Gasteiger partial charge in [0.2, 0.25) is 0 Å². The minimum absolute atomic E-state index is 0.0930. The summed E-state index contributed by atoms with van der Waals surface area (Å²) >= 11 is 0. The summed E-state index contributed by atoms with van der Waals surface area (Å²) in [5.41, 5.74) is 1.47. The molecule has 28 heavy (non-hydrogen) atoms. The molecule has 1 aromatic carbocycles. The average molecular weight is 390 g/mol. The lowest BCUT2D eigenvalue weighted by Gasteiger charge is -2.31. The summed E-state index contributed by atoms with van der Waals surface area (Å²) in [6.07, 6.45) is 5.55. The van der Waals surface area contributed by atoms with Crippen molar-refractivity contribution in [1.29, 1.82) is 0 Å². The summed E-state index contributed by atoms with van der Waals surface area (Å²) in [4.78, 5) is 4.93. The van der Waals surface area contributed by atoms with E-state index >= 15 is 0 Å². The lowest BCUT2D eigenvalue weighted by atomic mass is 9.76. The van der Waals surface area contributed by atoms with Gasteiger partial charge in [-0.15, -0.1) is 0 Å². The Labute approximate surface area is 171 Å². The molecular weight excluding hydrogens is 350 g/mol. The minimum Gasteiger partial charge on any atom is -0.381 e. The van der Waals surface area contributed by atoms with Gasteiger partial charge < -0.3 is 20.1 Å².